The molecule has 1 unspecified atom stereocenters. The highest BCUT2D eigenvalue weighted by Gasteiger charge is 2.47. The van der Waals surface area contributed by atoms with E-state index in [4.69, 9.17) is 16.7 Å². The summed E-state index contributed by atoms with van der Waals surface area (Å²) < 4.78 is 0. The van der Waals surface area contributed by atoms with Crippen molar-refractivity contribution in [3.05, 3.63) is 34.3 Å². The van der Waals surface area contributed by atoms with Gasteiger partial charge in [0.2, 0.25) is 0 Å². The summed E-state index contributed by atoms with van der Waals surface area (Å²) >= 11 is 6.07. The van der Waals surface area contributed by atoms with Crippen LogP contribution in [0.2, 0.25) is 5.02 Å². The Hall–Kier alpha value is -1.55. The monoisotopic (exact) mass is 293 g/mol. The minimum atomic E-state index is -0.886. The van der Waals surface area contributed by atoms with Gasteiger partial charge in [-0.15, -0.1) is 0 Å². The molecule has 1 fully saturated rings. The molecule has 1 aromatic carbocycles. The summed E-state index contributed by atoms with van der Waals surface area (Å²) in [6.45, 7) is 2.37. The fourth-order valence-corrected chi connectivity index (χ4v) is 3.89. The number of nitrogens with zero attached hydrogens (tertiary/aromatic N) is 1. The summed E-state index contributed by atoms with van der Waals surface area (Å²) in [7, 11) is 0. The van der Waals surface area contributed by atoms with E-state index in [0.29, 0.717) is 30.8 Å². The predicted molar refractivity (Wildman–Crippen MR) is 75.5 cm³/mol. The van der Waals surface area contributed by atoms with Crippen molar-refractivity contribution < 1.29 is 14.7 Å². The van der Waals surface area contributed by atoms with Gasteiger partial charge >= 0.3 is 6.09 Å². The number of Topliss-reactive ketones (excluding diaryl/α,β-unsaturated/α-hetero) is 1. The van der Waals surface area contributed by atoms with Crippen LogP contribution in [0.25, 0.3) is 0 Å². The number of amides is 1. The van der Waals surface area contributed by atoms with Crippen LogP contribution in [0.3, 0.4) is 0 Å². The van der Waals surface area contributed by atoms with Gasteiger partial charge in [0.25, 0.3) is 0 Å². The van der Waals surface area contributed by atoms with Crippen molar-refractivity contribution in [2.45, 2.75) is 37.6 Å². The number of benzene rings is 1. The first kappa shape index (κ1) is 13.4. The molecule has 3 rings (SSSR count). The maximum atomic E-state index is 12.2. The topological polar surface area (TPSA) is 57.6 Å². The number of hydrogen-bond acceptors (Lipinski definition) is 2. The van der Waals surface area contributed by atoms with Crippen molar-refractivity contribution in [2.75, 3.05) is 6.54 Å². The molecule has 1 aliphatic heterocycles. The van der Waals surface area contributed by atoms with E-state index in [1.807, 2.05) is 13.0 Å². The fraction of sp³-hybridized carbons (Fsp3) is 0.467. The molecule has 1 N–H and O–H groups in total. The zero-order valence-corrected chi connectivity index (χ0v) is 12.0. The molecule has 1 spiro atoms. The van der Waals surface area contributed by atoms with E-state index >= 15 is 0 Å². The third-order valence-corrected chi connectivity index (χ3v) is 4.88. The first-order valence-electron chi connectivity index (χ1n) is 6.76. The Morgan fingerprint density at radius 1 is 1.50 bits per heavy atom. The second-order valence-corrected chi connectivity index (χ2v) is 6.29. The van der Waals surface area contributed by atoms with E-state index in [-0.39, 0.29) is 17.2 Å². The van der Waals surface area contributed by atoms with Crippen molar-refractivity contribution in [1.82, 2.24) is 4.90 Å². The quantitative estimate of drug-likeness (QED) is 0.798. The van der Waals surface area contributed by atoms with E-state index in [0.717, 1.165) is 11.1 Å². The smallest absolute Gasteiger partial charge is 0.407 e. The molecule has 0 aromatic heterocycles. The average molecular weight is 294 g/mol. The summed E-state index contributed by atoms with van der Waals surface area (Å²) in [6.07, 6.45) is 0.949. The Kier molecular flexibility index (Phi) is 3.01. The van der Waals surface area contributed by atoms with Crippen LogP contribution in [-0.2, 0) is 5.41 Å². The lowest BCUT2D eigenvalue weighted by atomic mass is 9.71. The van der Waals surface area contributed by atoms with Gasteiger partial charge in [-0.1, -0.05) is 11.6 Å². The highest BCUT2D eigenvalue weighted by Crippen LogP contribution is 2.48. The maximum absolute atomic E-state index is 12.2. The summed E-state index contributed by atoms with van der Waals surface area (Å²) in [5, 5.41) is 9.80. The van der Waals surface area contributed by atoms with Gasteiger partial charge in [0.15, 0.2) is 5.78 Å². The summed E-state index contributed by atoms with van der Waals surface area (Å²) in [5.74, 6) is 0.146. The van der Waals surface area contributed by atoms with Crippen LogP contribution >= 0.6 is 11.6 Å². The van der Waals surface area contributed by atoms with E-state index < -0.39 is 6.09 Å². The van der Waals surface area contributed by atoms with Crippen LogP contribution < -0.4 is 0 Å². The average Bonchev–Trinajstić information content (AvgIpc) is 2.61. The molecular weight excluding hydrogens is 278 g/mol. The van der Waals surface area contributed by atoms with Gasteiger partial charge in [-0.3, -0.25) is 4.79 Å². The Bertz CT molecular complexity index is 601. The third kappa shape index (κ3) is 1.90. The molecule has 1 amide bonds. The number of likely N-dealkylation sites (tertiary alicyclic amines) is 1. The normalized spacial score (nSPS) is 28.8. The molecule has 1 heterocycles. The number of carboxylic acid groups (broad SMARTS) is 1. The lowest BCUT2D eigenvalue weighted by Crippen LogP contribution is -2.49. The number of hydrogen-bond donors (Lipinski definition) is 1. The van der Waals surface area contributed by atoms with E-state index in [2.05, 4.69) is 0 Å². The molecule has 1 aromatic rings. The molecule has 5 heteroatoms. The Morgan fingerprint density at radius 3 is 2.90 bits per heavy atom. The molecular formula is C15H16ClNO3. The summed E-state index contributed by atoms with van der Waals surface area (Å²) in [6, 6.07) is 5.33. The molecule has 20 heavy (non-hydrogen) atoms. The first-order valence-corrected chi connectivity index (χ1v) is 7.13. The van der Waals surface area contributed by atoms with E-state index in [1.165, 1.54) is 4.90 Å². The molecule has 0 radical (unpaired) electrons. The lowest BCUT2D eigenvalue weighted by molar-refractivity contribution is 0.0791. The molecule has 1 aliphatic carbocycles. The third-order valence-electron chi connectivity index (χ3n) is 4.65. The van der Waals surface area contributed by atoms with E-state index in [9.17, 15) is 9.59 Å². The molecule has 4 nitrogen and oxygen atoms in total. The highest BCUT2D eigenvalue weighted by atomic mass is 35.5. The van der Waals surface area contributed by atoms with Crippen LogP contribution in [-0.4, -0.2) is 34.5 Å². The van der Waals surface area contributed by atoms with E-state index in [1.54, 1.807) is 12.1 Å². The SMILES string of the molecule is C[C@H]1CC2(CCN1C(=O)O)CC(=O)c1ccc(Cl)cc12. The number of carbonyl (C=O) groups excluding carboxylic acids is 1. The maximum Gasteiger partial charge on any atom is 0.407 e. The molecule has 2 atom stereocenters. The van der Waals surface area contributed by atoms with Gasteiger partial charge in [0.05, 0.1) is 0 Å². The fourth-order valence-electron chi connectivity index (χ4n) is 3.72. The van der Waals surface area contributed by atoms with Crippen LogP contribution in [0, 0.1) is 0 Å². The Labute approximate surface area is 122 Å². The van der Waals surface area contributed by atoms with Crippen LogP contribution in [0.1, 0.15) is 42.1 Å². The minimum Gasteiger partial charge on any atom is -0.465 e. The molecule has 0 bridgehead atoms. The van der Waals surface area contributed by atoms with Crippen molar-refractivity contribution >= 4 is 23.5 Å². The number of fused-ring (bicyclic) bond motifs is 2. The van der Waals surface area contributed by atoms with Crippen molar-refractivity contribution in [2.24, 2.45) is 0 Å². The highest BCUT2D eigenvalue weighted by molar-refractivity contribution is 6.30. The number of halogens is 1. The van der Waals surface area contributed by atoms with Crippen molar-refractivity contribution in [1.29, 1.82) is 0 Å². The second-order valence-electron chi connectivity index (χ2n) is 5.85. The Balaban J connectivity index is 1.99. The van der Waals surface area contributed by atoms with Gasteiger partial charge in [-0.2, -0.15) is 0 Å². The molecule has 0 saturated carbocycles. The lowest BCUT2D eigenvalue weighted by Gasteiger charge is -2.42. The number of carbonyl (C=O) groups is 2. The van der Waals surface area contributed by atoms with Gasteiger partial charge < -0.3 is 10.0 Å². The van der Waals surface area contributed by atoms with Crippen LogP contribution in [0.15, 0.2) is 18.2 Å². The second kappa shape index (κ2) is 4.48. The zero-order valence-electron chi connectivity index (χ0n) is 11.2. The summed E-state index contributed by atoms with van der Waals surface area (Å²) in [5.41, 5.74) is 1.53. The summed E-state index contributed by atoms with van der Waals surface area (Å²) in [4.78, 5) is 24.8. The largest absolute Gasteiger partial charge is 0.465 e. The van der Waals surface area contributed by atoms with Crippen molar-refractivity contribution in [3.8, 4) is 0 Å². The molecule has 106 valence electrons. The van der Waals surface area contributed by atoms with Crippen LogP contribution in [0.5, 0.6) is 0 Å². The number of piperidine rings is 1. The van der Waals surface area contributed by atoms with Gasteiger partial charge in [0, 0.05) is 35.0 Å². The number of ketones is 1. The number of rotatable bonds is 0. The molecule has 2 aliphatic rings. The van der Waals surface area contributed by atoms with Gasteiger partial charge in [0.1, 0.15) is 0 Å². The minimum absolute atomic E-state index is 0.0843. The standard InChI is InChI=1S/C15H16ClNO3/c1-9-7-15(4-5-17(9)14(19)20)8-13(18)11-3-2-10(16)6-12(11)15/h2-3,6,9H,4-5,7-8H2,1H3,(H,19,20)/t9-,15?/m0/s1. The van der Waals surface area contributed by atoms with Gasteiger partial charge in [-0.05, 0) is 43.5 Å². The molecule has 1 saturated heterocycles. The van der Waals surface area contributed by atoms with Crippen LogP contribution in [0.4, 0.5) is 4.79 Å². The van der Waals surface area contributed by atoms with Crippen molar-refractivity contribution in [3.63, 3.8) is 0 Å². The zero-order chi connectivity index (χ0) is 14.5. The first-order chi connectivity index (χ1) is 9.43. The predicted octanol–water partition coefficient (Wildman–Crippen LogP) is 3.33. The Morgan fingerprint density at radius 2 is 2.25 bits per heavy atom. The van der Waals surface area contributed by atoms with Gasteiger partial charge in [-0.25, -0.2) is 4.79 Å².